The molecule has 538 valence electrons. The zero-order valence-corrected chi connectivity index (χ0v) is 64.0. The third-order valence-electron chi connectivity index (χ3n) is 26.9. The lowest BCUT2D eigenvalue weighted by atomic mass is 9.67. The minimum Gasteiger partial charge on any atom is -0.0795 e. The minimum absolute atomic E-state index is 0.385. The zero-order chi connectivity index (χ0) is 72.0. The molecule has 0 heterocycles. The summed E-state index contributed by atoms with van der Waals surface area (Å²) in [6.45, 7) is 7.02. The van der Waals surface area contributed by atoms with Gasteiger partial charge in [-0.25, -0.2) is 0 Å². The normalized spacial score (nSPS) is 23.4. The molecule has 3 saturated carbocycles. The van der Waals surface area contributed by atoms with Crippen molar-refractivity contribution in [2.45, 2.75) is 180 Å². The molecule has 0 N–H and O–H groups in total. The van der Waals surface area contributed by atoms with Crippen molar-refractivity contribution in [2.24, 2.45) is 41.4 Å². The van der Waals surface area contributed by atoms with E-state index in [0.717, 1.165) is 80.5 Å². The fourth-order valence-electron chi connectivity index (χ4n) is 20.3. The molecule has 0 nitrogen and oxygen atoms in total. The number of hydrogen-bond acceptors (Lipinski definition) is 0. The van der Waals surface area contributed by atoms with Gasteiger partial charge in [-0.15, -0.1) is 0 Å². The summed E-state index contributed by atoms with van der Waals surface area (Å²) in [6, 6.07) is 60.8. The smallest absolute Gasteiger partial charge is 0.0281 e. The molecule has 3 fully saturated rings. The van der Waals surface area contributed by atoms with Gasteiger partial charge in [-0.3, -0.25) is 0 Å². The van der Waals surface area contributed by atoms with E-state index in [4.69, 9.17) is 0 Å². The SMILES string of the molecule is C1=CC2C(=C1)C(Cc1ccc(CCCc3cccc(C4C=CC=C4)c3)cc1)=CC=C2c1ccc2c(c1)CCC2.CC(C)C1CCC(c2ccc(CC3=CC=C(c4cccc5c4C=CC5)C4C=CC=C34)cc2)CC1.CCc1cccc(C2=CC=C(Cc3ccc(C4CCC(C5CCC5)CC4)cc3)C3=CC=CC32)c1. The Morgan fingerprint density at radius 2 is 0.888 bits per heavy atom. The van der Waals surface area contributed by atoms with Crippen LogP contribution >= 0.6 is 0 Å². The second-order valence-electron chi connectivity index (χ2n) is 33.7. The summed E-state index contributed by atoms with van der Waals surface area (Å²) in [6.07, 6.45) is 76.7. The number of aryl methyl sites for hydroxylation is 5. The van der Waals surface area contributed by atoms with Gasteiger partial charge in [0.1, 0.15) is 0 Å². The van der Waals surface area contributed by atoms with Crippen molar-refractivity contribution in [1.82, 2.24) is 0 Å². The van der Waals surface area contributed by atoms with E-state index in [0.29, 0.717) is 23.7 Å². The molecule has 0 heteroatoms. The first-order valence-electron chi connectivity index (χ1n) is 41.8. The Labute approximate surface area is 641 Å². The predicted octanol–water partition coefficient (Wildman–Crippen LogP) is 27.1. The molecule has 0 radical (unpaired) electrons. The van der Waals surface area contributed by atoms with E-state index in [9.17, 15) is 0 Å². The summed E-state index contributed by atoms with van der Waals surface area (Å²) in [5.41, 5.74) is 36.4. The third kappa shape index (κ3) is 15.9. The Morgan fingerprint density at radius 3 is 1.49 bits per heavy atom. The van der Waals surface area contributed by atoms with Crippen LogP contribution in [0.2, 0.25) is 0 Å². The van der Waals surface area contributed by atoms with Crippen LogP contribution in [0.5, 0.6) is 0 Å². The molecular weight excluding hydrogens is 1290 g/mol. The lowest BCUT2D eigenvalue weighted by Crippen LogP contribution is -2.25. The molecule has 0 spiro atoms. The molecule has 3 unspecified atom stereocenters. The molecule has 7 aromatic carbocycles. The van der Waals surface area contributed by atoms with Gasteiger partial charge < -0.3 is 0 Å². The van der Waals surface area contributed by atoms with Gasteiger partial charge in [0.2, 0.25) is 0 Å². The second kappa shape index (κ2) is 32.6. The fraction of sp³-hybridized carbons (Fsp3) is 0.327. The van der Waals surface area contributed by atoms with Crippen molar-refractivity contribution in [3.8, 4) is 0 Å². The van der Waals surface area contributed by atoms with E-state index in [-0.39, 0.29) is 0 Å². The first-order valence-corrected chi connectivity index (χ1v) is 41.8. The largest absolute Gasteiger partial charge is 0.0795 e. The fourth-order valence-corrected chi connectivity index (χ4v) is 20.3. The molecule has 12 aliphatic carbocycles. The topological polar surface area (TPSA) is 0 Å². The molecule has 107 heavy (non-hydrogen) atoms. The summed E-state index contributed by atoms with van der Waals surface area (Å²) in [5.74, 6) is 7.04. The van der Waals surface area contributed by atoms with Crippen LogP contribution in [0.4, 0.5) is 0 Å². The van der Waals surface area contributed by atoms with Crippen molar-refractivity contribution in [3.05, 3.63) is 402 Å². The maximum atomic E-state index is 2.45. The molecule has 12 aliphatic rings. The average Bonchev–Trinajstić information content (AvgIpc) is 1.54. The van der Waals surface area contributed by atoms with E-state index in [2.05, 4.69) is 306 Å². The number of rotatable bonds is 19. The molecule has 0 aromatic heterocycles. The van der Waals surface area contributed by atoms with Gasteiger partial charge in [0.15, 0.2) is 0 Å². The average molecular weight is 1400 g/mol. The Kier molecular flexibility index (Phi) is 21.5. The van der Waals surface area contributed by atoms with Crippen molar-refractivity contribution >= 4 is 22.8 Å². The quantitative estimate of drug-likeness (QED) is 0.0757. The summed E-state index contributed by atoms with van der Waals surface area (Å²) >= 11 is 0. The first-order chi connectivity index (χ1) is 52.7. The molecule has 0 saturated heterocycles. The Morgan fingerprint density at radius 1 is 0.364 bits per heavy atom. The lowest BCUT2D eigenvalue weighted by molar-refractivity contribution is 0.154. The molecule has 3 atom stereocenters. The van der Waals surface area contributed by atoms with Crippen LogP contribution in [0.15, 0.2) is 313 Å². The third-order valence-corrected chi connectivity index (χ3v) is 26.9. The zero-order valence-electron chi connectivity index (χ0n) is 64.0. The van der Waals surface area contributed by atoms with Crippen LogP contribution in [-0.4, -0.2) is 0 Å². The predicted molar refractivity (Wildman–Crippen MR) is 455 cm³/mol. The highest BCUT2D eigenvalue weighted by atomic mass is 14.4. The van der Waals surface area contributed by atoms with Crippen molar-refractivity contribution in [1.29, 1.82) is 0 Å². The van der Waals surface area contributed by atoms with Crippen LogP contribution in [0.25, 0.3) is 22.8 Å². The van der Waals surface area contributed by atoms with E-state index >= 15 is 0 Å². The van der Waals surface area contributed by atoms with Crippen molar-refractivity contribution < 1.29 is 0 Å². The summed E-state index contributed by atoms with van der Waals surface area (Å²) in [5, 5.41) is 0. The standard InChI is InChI=1S/C39H36.C34H36.C34H38/c1-2-11-31(10-1)33-13-4-9-29(25-33)8-3-7-28-17-19-30(20-18-28)26-35-23-24-38(39-16-6-15-37(35)39)36-22-21-32-12-5-14-34(32)27-36;1-23(2)25-16-18-27(19-17-25)26-14-12-24(13-15-26)22-29-20-21-34(33-11-5-9-31(29)33)32-10-4-7-28-6-3-8-30(28)32;1-2-24-6-3-9-30(22-24)33-21-20-31(32-10-5-11-34(32)33)23-25-12-14-27(15-13-25)29-18-16-28(17-19-29)26-7-4-8-26/h1-2,4,6,9-11,13,15-25,27,31,39H,3,5,7-8,12,14,26H2;3-5,7-15,20-21,23,25,27,33H,6,16-19,22H2,1-2H3;3,5-6,9-15,20-22,26,28-29,34H,2,4,7-8,16-19,23H2,1H3. The maximum absolute atomic E-state index is 2.45. The van der Waals surface area contributed by atoms with Crippen LogP contribution in [0.3, 0.4) is 0 Å². The van der Waals surface area contributed by atoms with Gasteiger partial charge in [-0.05, 0) is 297 Å². The molecule has 0 aliphatic heterocycles. The Bertz CT molecular complexity index is 4890. The van der Waals surface area contributed by atoms with Gasteiger partial charge in [0.25, 0.3) is 0 Å². The van der Waals surface area contributed by atoms with Gasteiger partial charge in [0.05, 0.1) is 0 Å². The van der Waals surface area contributed by atoms with E-state index in [1.807, 2.05) is 0 Å². The van der Waals surface area contributed by atoms with Crippen LogP contribution in [0, 0.1) is 41.4 Å². The number of benzene rings is 7. The molecule has 19 rings (SSSR count). The van der Waals surface area contributed by atoms with E-state index < -0.39 is 0 Å². The minimum atomic E-state index is 0.385. The molecule has 0 bridgehead atoms. The highest BCUT2D eigenvalue weighted by Gasteiger charge is 2.34. The highest BCUT2D eigenvalue weighted by Crippen LogP contribution is 2.49. The van der Waals surface area contributed by atoms with Gasteiger partial charge in [-0.2, -0.15) is 0 Å². The first kappa shape index (κ1) is 70.6. The van der Waals surface area contributed by atoms with E-state index in [1.165, 1.54) is 213 Å². The van der Waals surface area contributed by atoms with Gasteiger partial charge in [0, 0.05) is 23.7 Å². The molecule has 0 amide bonds. The number of allylic oxidation sites excluding steroid dienone is 29. The highest BCUT2D eigenvalue weighted by molar-refractivity contribution is 5.85. The molecular formula is C107H110. The number of hydrogen-bond donors (Lipinski definition) is 0. The monoisotopic (exact) mass is 1390 g/mol. The molecule has 7 aromatic rings. The summed E-state index contributed by atoms with van der Waals surface area (Å²) < 4.78 is 0. The summed E-state index contributed by atoms with van der Waals surface area (Å²) in [4.78, 5) is 0. The van der Waals surface area contributed by atoms with E-state index in [1.54, 1.807) is 22.3 Å². The van der Waals surface area contributed by atoms with Gasteiger partial charge in [-0.1, -0.05) is 325 Å². The maximum Gasteiger partial charge on any atom is 0.0281 e. The Hall–Kier alpha value is -9.36. The number of fused-ring (bicyclic) bond motifs is 5. The van der Waals surface area contributed by atoms with Crippen LogP contribution in [-0.2, 0) is 57.8 Å². The summed E-state index contributed by atoms with van der Waals surface area (Å²) in [7, 11) is 0. The van der Waals surface area contributed by atoms with Crippen LogP contribution in [0.1, 0.15) is 211 Å². The van der Waals surface area contributed by atoms with Crippen molar-refractivity contribution in [2.75, 3.05) is 0 Å². The Balaban J connectivity index is 0.000000118. The van der Waals surface area contributed by atoms with Gasteiger partial charge >= 0.3 is 0 Å². The van der Waals surface area contributed by atoms with Crippen molar-refractivity contribution in [3.63, 3.8) is 0 Å². The second-order valence-corrected chi connectivity index (χ2v) is 33.7. The van der Waals surface area contributed by atoms with Crippen LogP contribution < -0.4 is 0 Å². The lowest BCUT2D eigenvalue weighted by Gasteiger charge is -2.38.